The number of esters is 1. The second-order valence-electron chi connectivity index (χ2n) is 3.09. The number of pyridine rings is 1. The first-order valence-electron chi connectivity index (χ1n) is 4.74. The monoisotopic (exact) mass is 359 g/mol. The minimum absolute atomic E-state index is 0.0556. The Morgan fingerprint density at radius 3 is 2.76 bits per heavy atom. The van der Waals surface area contributed by atoms with Crippen molar-refractivity contribution in [2.24, 2.45) is 0 Å². The summed E-state index contributed by atoms with van der Waals surface area (Å²) < 4.78 is 42.7. The number of carbonyl (C=O) groups is 1. The van der Waals surface area contributed by atoms with E-state index < -0.39 is 24.0 Å². The summed E-state index contributed by atoms with van der Waals surface area (Å²) in [5.41, 5.74) is -0.519. The van der Waals surface area contributed by atoms with Gasteiger partial charge in [-0.05, 0) is 41.1 Å². The maximum absolute atomic E-state index is 13.2. The molecule has 0 aliphatic rings. The van der Waals surface area contributed by atoms with Gasteiger partial charge in [-0.25, -0.2) is 13.8 Å². The van der Waals surface area contributed by atoms with Crippen LogP contribution in [-0.2, 0) is 16.0 Å². The number of alkyl halides is 2. The first kappa shape index (κ1) is 14.2. The summed E-state index contributed by atoms with van der Waals surface area (Å²) in [4.78, 5) is 14.3. The summed E-state index contributed by atoms with van der Waals surface area (Å²) in [6.45, 7) is 1.81. The Morgan fingerprint density at radius 2 is 2.24 bits per heavy atom. The number of halogens is 4. The number of rotatable bonds is 4. The first-order valence-corrected chi connectivity index (χ1v) is 5.82. The van der Waals surface area contributed by atoms with E-state index >= 15 is 0 Å². The Bertz CT molecular complexity index is 426. The van der Waals surface area contributed by atoms with Crippen LogP contribution in [0.3, 0.4) is 0 Å². The third-order valence-electron chi connectivity index (χ3n) is 1.88. The Morgan fingerprint density at radius 1 is 1.59 bits per heavy atom. The predicted octanol–water partition coefficient (Wildman–Crippen LogP) is 2.87. The Kier molecular flexibility index (Phi) is 5.16. The molecule has 0 saturated heterocycles. The van der Waals surface area contributed by atoms with E-state index in [9.17, 15) is 18.0 Å². The maximum Gasteiger partial charge on any atom is 0.310 e. The molecule has 0 spiro atoms. The van der Waals surface area contributed by atoms with Crippen molar-refractivity contribution in [2.45, 2.75) is 19.8 Å². The van der Waals surface area contributed by atoms with Crippen LogP contribution >= 0.6 is 22.6 Å². The van der Waals surface area contributed by atoms with E-state index in [-0.39, 0.29) is 22.2 Å². The summed E-state index contributed by atoms with van der Waals surface area (Å²) in [7, 11) is 0. The second-order valence-corrected chi connectivity index (χ2v) is 4.17. The van der Waals surface area contributed by atoms with E-state index in [1.165, 1.54) is 0 Å². The van der Waals surface area contributed by atoms with Crippen LogP contribution in [-0.4, -0.2) is 17.6 Å². The molecular weight excluding hydrogens is 350 g/mol. The molecular formula is C10H9F3INO2. The van der Waals surface area contributed by atoms with Crippen LogP contribution in [0.25, 0.3) is 0 Å². The van der Waals surface area contributed by atoms with Gasteiger partial charge in [-0.1, -0.05) is 0 Å². The summed E-state index contributed by atoms with van der Waals surface area (Å²) >= 11 is 1.62. The molecule has 17 heavy (non-hydrogen) atoms. The molecule has 0 aliphatic carbocycles. The summed E-state index contributed by atoms with van der Waals surface area (Å²) in [6.07, 6.45) is -3.12. The average Bonchev–Trinajstić information content (AvgIpc) is 2.24. The Labute approximate surface area is 110 Å². The molecule has 0 aromatic carbocycles. The van der Waals surface area contributed by atoms with Gasteiger partial charge in [-0.3, -0.25) is 4.79 Å². The fourth-order valence-corrected chi connectivity index (χ4v) is 1.64. The summed E-state index contributed by atoms with van der Waals surface area (Å²) in [6, 6.07) is 1.02. The fourth-order valence-electron chi connectivity index (χ4n) is 1.18. The zero-order valence-electron chi connectivity index (χ0n) is 8.84. The smallest absolute Gasteiger partial charge is 0.310 e. The molecule has 0 saturated carbocycles. The van der Waals surface area contributed by atoms with Crippen molar-refractivity contribution in [3.63, 3.8) is 0 Å². The number of hydrogen-bond donors (Lipinski definition) is 0. The molecule has 0 N–H and O–H groups in total. The van der Waals surface area contributed by atoms with Crippen LogP contribution in [0.4, 0.5) is 13.2 Å². The molecule has 7 heteroatoms. The number of hydrogen-bond acceptors (Lipinski definition) is 3. The van der Waals surface area contributed by atoms with Crippen LogP contribution in [0.5, 0.6) is 0 Å². The van der Waals surface area contributed by atoms with Crippen molar-refractivity contribution in [1.82, 2.24) is 4.98 Å². The quantitative estimate of drug-likeness (QED) is 0.472. The van der Waals surface area contributed by atoms with Crippen molar-refractivity contribution in [2.75, 3.05) is 6.61 Å². The van der Waals surface area contributed by atoms with Crippen molar-refractivity contribution in [1.29, 1.82) is 0 Å². The number of aromatic nitrogens is 1. The molecule has 0 amide bonds. The average molecular weight is 359 g/mol. The van der Waals surface area contributed by atoms with Gasteiger partial charge in [0.2, 0.25) is 5.95 Å². The van der Waals surface area contributed by atoms with E-state index in [2.05, 4.69) is 9.72 Å². The second kappa shape index (κ2) is 6.18. The SMILES string of the molecule is CCOC(=O)Cc1cc(C(F)F)nc(F)c1I. The lowest BCUT2D eigenvalue weighted by molar-refractivity contribution is -0.142. The van der Waals surface area contributed by atoms with Crippen molar-refractivity contribution in [3.05, 3.63) is 26.8 Å². The van der Waals surface area contributed by atoms with Crippen LogP contribution in [0.15, 0.2) is 6.07 Å². The van der Waals surface area contributed by atoms with Gasteiger partial charge in [0, 0.05) is 0 Å². The lowest BCUT2D eigenvalue weighted by atomic mass is 10.1. The van der Waals surface area contributed by atoms with Crippen LogP contribution in [0.2, 0.25) is 0 Å². The molecule has 1 heterocycles. The lowest BCUT2D eigenvalue weighted by Crippen LogP contribution is -2.11. The normalized spacial score (nSPS) is 10.7. The van der Waals surface area contributed by atoms with Gasteiger partial charge in [0.05, 0.1) is 16.6 Å². The third-order valence-corrected chi connectivity index (χ3v) is 3.01. The molecule has 0 fully saturated rings. The topological polar surface area (TPSA) is 39.2 Å². The van der Waals surface area contributed by atoms with E-state index in [0.717, 1.165) is 6.07 Å². The van der Waals surface area contributed by atoms with E-state index in [1.807, 2.05) is 0 Å². The van der Waals surface area contributed by atoms with Crippen LogP contribution < -0.4 is 0 Å². The van der Waals surface area contributed by atoms with Gasteiger partial charge in [-0.15, -0.1) is 0 Å². The molecule has 0 aliphatic heterocycles. The van der Waals surface area contributed by atoms with E-state index in [4.69, 9.17) is 0 Å². The first-order chi connectivity index (χ1) is 7.95. The molecule has 0 atom stereocenters. The third kappa shape index (κ3) is 3.83. The molecule has 0 bridgehead atoms. The van der Waals surface area contributed by atoms with Gasteiger partial charge < -0.3 is 4.74 Å². The molecule has 1 aromatic rings. The predicted molar refractivity (Wildman–Crippen MR) is 62.2 cm³/mol. The minimum Gasteiger partial charge on any atom is -0.466 e. The lowest BCUT2D eigenvalue weighted by Gasteiger charge is -2.07. The number of carbonyl (C=O) groups excluding carboxylic acids is 1. The molecule has 1 aromatic heterocycles. The minimum atomic E-state index is -2.87. The summed E-state index contributed by atoms with van der Waals surface area (Å²) in [5, 5.41) is 0. The van der Waals surface area contributed by atoms with Crippen molar-refractivity contribution >= 4 is 28.6 Å². The summed E-state index contributed by atoms with van der Waals surface area (Å²) in [5.74, 6) is -1.58. The number of nitrogens with zero attached hydrogens (tertiary/aromatic N) is 1. The standard InChI is InChI=1S/C10H9F3INO2/c1-2-17-7(16)4-5-3-6(9(11)12)15-10(13)8(5)14/h3,9H,2,4H2,1H3. The van der Waals surface area contributed by atoms with Crippen LogP contribution in [0, 0.1) is 9.52 Å². The molecule has 3 nitrogen and oxygen atoms in total. The Balaban J connectivity index is 3.01. The zero-order valence-corrected chi connectivity index (χ0v) is 11.0. The molecule has 0 unspecified atom stereocenters. The maximum atomic E-state index is 13.2. The molecule has 94 valence electrons. The highest BCUT2D eigenvalue weighted by Crippen LogP contribution is 2.23. The Hall–Kier alpha value is -0.860. The van der Waals surface area contributed by atoms with E-state index in [1.54, 1.807) is 29.5 Å². The van der Waals surface area contributed by atoms with Crippen LogP contribution in [0.1, 0.15) is 24.6 Å². The molecule has 0 radical (unpaired) electrons. The largest absolute Gasteiger partial charge is 0.466 e. The van der Waals surface area contributed by atoms with Gasteiger partial charge in [0.15, 0.2) is 0 Å². The van der Waals surface area contributed by atoms with Crippen molar-refractivity contribution < 1.29 is 22.7 Å². The van der Waals surface area contributed by atoms with E-state index in [0.29, 0.717) is 0 Å². The highest BCUT2D eigenvalue weighted by atomic mass is 127. The van der Waals surface area contributed by atoms with Crippen molar-refractivity contribution in [3.8, 4) is 0 Å². The number of ether oxygens (including phenoxy) is 1. The van der Waals surface area contributed by atoms with Gasteiger partial charge in [0.25, 0.3) is 6.43 Å². The highest BCUT2D eigenvalue weighted by Gasteiger charge is 2.18. The highest BCUT2D eigenvalue weighted by molar-refractivity contribution is 14.1. The fraction of sp³-hybridized carbons (Fsp3) is 0.400. The van der Waals surface area contributed by atoms with Gasteiger partial charge in [0.1, 0.15) is 5.69 Å². The molecule has 1 rings (SSSR count). The van der Waals surface area contributed by atoms with Gasteiger partial charge >= 0.3 is 5.97 Å². The zero-order chi connectivity index (χ0) is 13.0. The van der Waals surface area contributed by atoms with Gasteiger partial charge in [-0.2, -0.15) is 4.39 Å².